The standard InChI is InChI=1S/C11H11FN4O3S/c1-6-14-5-10(15-6)20(18,19)16-7-2-3-9(12)8(4-7)11(13)17/h2-5,16H,1H3,(H2,13,17)(H,14,15). The smallest absolute Gasteiger partial charge is 0.278 e. The van der Waals surface area contributed by atoms with Crippen LogP contribution in [0.5, 0.6) is 0 Å². The maximum Gasteiger partial charge on any atom is 0.278 e. The Morgan fingerprint density at radius 3 is 2.70 bits per heavy atom. The Labute approximate surface area is 114 Å². The number of aromatic nitrogens is 2. The Balaban J connectivity index is 2.35. The Kier molecular flexibility index (Phi) is 3.45. The van der Waals surface area contributed by atoms with Crippen molar-refractivity contribution in [2.45, 2.75) is 11.9 Å². The Bertz CT molecular complexity index is 770. The highest BCUT2D eigenvalue weighted by atomic mass is 32.2. The normalized spacial score (nSPS) is 11.3. The van der Waals surface area contributed by atoms with Crippen molar-refractivity contribution in [1.82, 2.24) is 9.97 Å². The van der Waals surface area contributed by atoms with Crippen LogP contribution in [0.25, 0.3) is 0 Å². The highest BCUT2D eigenvalue weighted by Gasteiger charge is 2.18. The van der Waals surface area contributed by atoms with Crippen molar-refractivity contribution in [2.24, 2.45) is 5.73 Å². The van der Waals surface area contributed by atoms with E-state index in [1.54, 1.807) is 6.92 Å². The topological polar surface area (TPSA) is 118 Å². The van der Waals surface area contributed by atoms with Crippen LogP contribution in [-0.2, 0) is 10.0 Å². The first kappa shape index (κ1) is 14.0. The van der Waals surface area contributed by atoms with E-state index in [1.807, 2.05) is 0 Å². The maximum atomic E-state index is 13.3. The molecule has 0 aliphatic heterocycles. The van der Waals surface area contributed by atoms with Crippen LogP contribution >= 0.6 is 0 Å². The number of carbonyl (C=O) groups is 1. The predicted octanol–water partition coefficient (Wildman–Crippen LogP) is 0.757. The number of amides is 1. The number of nitrogens with one attached hydrogen (secondary N) is 2. The monoisotopic (exact) mass is 298 g/mol. The quantitative estimate of drug-likeness (QED) is 0.772. The van der Waals surface area contributed by atoms with Crippen LogP contribution in [0.15, 0.2) is 29.4 Å². The fraction of sp³-hybridized carbons (Fsp3) is 0.0909. The van der Waals surface area contributed by atoms with Crippen molar-refractivity contribution < 1.29 is 17.6 Å². The first-order valence-electron chi connectivity index (χ1n) is 5.43. The SMILES string of the molecule is Cc1ncc(S(=O)(=O)Nc2ccc(F)c(C(N)=O)c2)[nH]1. The van der Waals surface area contributed by atoms with Crippen molar-refractivity contribution in [2.75, 3.05) is 4.72 Å². The molecule has 0 aliphatic carbocycles. The number of hydrogen-bond donors (Lipinski definition) is 3. The molecular weight excluding hydrogens is 287 g/mol. The summed E-state index contributed by atoms with van der Waals surface area (Å²) in [6.07, 6.45) is 1.15. The minimum atomic E-state index is -3.89. The summed E-state index contributed by atoms with van der Waals surface area (Å²) in [6, 6.07) is 3.16. The highest BCUT2D eigenvalue weighted by molar-refractivity contribution is 7.92. The minimum absolute atomic E-state index is 0.0208. The summed E-state index contributed by atoms with van der Waals surface area (Å²) < 4.78 is 39.5. The molecule has 0 spiro atoms. The van der Waals surface area contributed by atoms with Crippen molar-refractivity contribution in [1.29, 1.82) is 0 Å². The van der Waals surface area contributed by atoms with E-state index in [9.17, 15) is 17.6 Å². The fourth-order valence-electron chi connectivity index (χ4n) is 1.52. The van der Waals surface area contributed by atoms with Gasteiger partial charge in [0, 0.05) is 5.69 Å². The summed E-state index contributed by atoms with van der Waals surface area (Å²) in [5, 5.41) is -0.139. The number of primary amides is 1. The number of carbonyl (C=O) groups excluding carboxylic acids is 1. The Morgan fingerprint density at radius 1 is 1.45 bits per heavy atom. The van der Waals surface area contributed by atoms with E-state index in [2.05, 4.69) is 14.7 Å². The number of halogens is 1. The molecule has 0 saturated heterocycles. The van der Waals surface area contributed by atoms with Gasteiger partial charge < -0.3 is 10.7 Å². The highest BCUT2D eigenvalue weighted by Crippen LogP contribution is 2.18. The predicted molar refractivity (Wildman–Crippen MR) is 69.1 cm³/mol. The molecule has 1 aromatic carbocycles. The molecule has 1 amide bonds. The lowest BCUT2D eigenvalue weighted by atomic mass is 10.2. The second-order valence-corrected chi connectivity index (χ2v) is 5.65. The summed E-state index contributed by atoms with van der Waals surface area (Å²) in [4.78, 5) is 17.3. The summed E-state index contributed by atoms with van der Waals surface area (Å²) in [6.45, 7) is 1.60. The number of aryl methyl sites for hydroxylation is 1. The van der Waals surface area contributed by atoms with Gasteiger partial charge in [0.1, 0.15) is 11.6 Å². The lowest BCUT2D eigenvalue weighted by Gasteiger charge is -2.07. The van der Waals surface area contributed by atoms with Gasteiger partial charge >= 0.3 is 0 Å². The molecule has 4 N–H and O–H groups in total. The van der Waals surface area contributed by atoms with E-state index in [0.29, 0.717) is 5.82 Å². The molecule has 0 saturated carbocycles. The number of hydrogen-bond acceptors (Lipinski definition) is 4. The second-order valence-electron chi connectivity index (χ2n) is 4.00. The van der Waals surface area contributed by atoms with E-state index >= 15 is 0 Å². The molecule has 1 aromatic heterocycles. The Hall–Kier alpha value is -2.42. The van der Waals surface area contributed by atoms with Crippen molar-refractivity contribution in [3.05, 3.63) is 41.6 Å². The fourth-order valence-corrected chi connectivity index (χ4v) is 2.54. The number of anilines is 1. The van der Waals surface area contributed by atoms with Gasteiger partial charge in [-0.3, -0.25) is 9.52 Å². The number of sulfonamides is 1. The van der Waals surface area contributed by atoms with Crippen LogP contribution in [0.3, 0.4) is 0 Å². The number of H-pyrrole nitrogens is 1. The molecule has 0 unspecified atom stereocenters. The lowest BCUT2D eigenvalue weighted by molar-refractivity contribution is 0.0996. The van der Waals surface area contributed by atoms with Crippen LogP contribution in [0.1, 0.15) is 16.2 Å². The zero-order valence-corrected chi connectivity index (χ0v) is 11.2. The van der Waals surface area contributed by atoms with E-state index in [4.69, 9.17) is 5.73 Å². The van der Waals surface area contributed by atoms with Crippen molar-refractivity contribution in [3.8, 4) is 0 Å². The van der Waals surface area contributed by atoms with Gasteiger partial charge in [0.25, 0.3) is 15.9 Å². The van der Waals surface area contributed by atoms with Crippen LogP contribution in [0.2, 0.25) is 0 Å². The molecule has 0 aliphatic rings. The van der Waals surface area contributed by atoms with Gasteiger partial charge in [0.15, 0.2) is 5.03 Å². The first-order chi connectivity index (χ1) is 9.29. The van der Waals surface area contributed by atoms with Crippen LogP contribution in [0, 0.1) is 12.7 Å². The van der Waals surface area contributed by atoms with Gasteiger partial charge in [-0.25, -0.2) is 9.37 Å². The number of nitrogens with two attached hydrogens (primary N) is 1. The van der Waals surface area contributed by atoms with Gasteiger partial charge in [-0.05, 0) is 25.1 Å². The van der Waals surface area contributed by atoms with Gasteiger partial charge in [0.2, 0.25) is 0 Å². The summed E-state index contributed by atoms with van der Waals surface area (Å²) in [5.74, 6) is -1.37. The number of nitrogens with zero attached hydrogens (tertiary/aromatic N) is 1. The van der Waals surface area contributed by atoms with E-state index in [1.165, 1.54) is 6.07 Å². The average molecular weight is 298 g/mol. The van der Waals surface area contributed by atoms with Gasteiger partial charge in [0.05, 0.1) is 11.8 Å². The third kappa shape index (κ3) is 2.77. The largest absolute Gasteiger partial charge is 0.366 e. The molecular formula is C11H11FN4O3S. The second kappa shape index (κ2) is 4.93. The van der Waals surface area contributed by atoms with Gasteiger partial charge in [-0.15, -0.1) is 0 Å². The van der Waals surface area contributed by atoms with E-state index in [0.717, 1.165) is 18.3 Å². The molecule has 0 bridgehead atoms. The molecule has 0 atom stereocenters. The van der Waals surface area contributed by atoms with Crippen LogP contribution in [-0.4, -0.2) is 24.3 Å². The van der Waals surface area contributed by atoms with E-state index in [-0.39, 0.29) is 10.7 Å². The third-order valence-electron chi connectivity index (χ3n) is 2.45. The lowest BCUT2D eigenvalue weighted by Crippen LogP contribution is -2.16. The summed E-state index contributed by atoms with van der Waals surface area (Å²) in [7, 11) is -3.89. The molecule has 2 rings (SSSR count). The molecule has 1 heterocycles. The van der Waals surface area contributed by atoms with E-state index < -0.39 is 27.3 Å². The maximum absolute atomic E-state index is 13.3. The van der Waals surface area contributed by atoms with Crippen molar-refractivity contribution in [3.63, 3.8) is 0 Å². The minimum Gasteiger partial charge on any atom is -0.366 e. The molecule has 7 nitrogen and oxygen atoms in total. The summed E-state index contributed by atoms with van der Waals surface area (Å²) in [5.41, 5.74) is 4.61. The molecule has 106 valence electrons. The van der Waals surface area contributed by atoms with Crippen LogP contribution in [0.4, 0.5) is 10.1 Å². The molecule has 20 heavy (non-hydrogen) atoms. The zero-order valence-electron chi connectivity index (χ0n) is 10.3. The third-order valence-corrected chi connectivity index (χ3v) is 3.74. The molecule has 9 heteroatoms. The molecule has 0 fully saturated rings. The molecule has 2 aromatic rings. The number of benzene rings is 1. The number of imidazole rings is 1. The van der Waals surface area contributed by atoms with Crippen molar-refractivity contribution >= 4 is 21.6 Å². The first-order valence-corrected chi connectivity index (χ1v) is 6.92. The van der Waals surface area contributed by atoms with Crippen LogP contribution < -0.4 is 10.5 Å². The number of rotatable bonds is 4. The number of aromatic amines is 1. The van der Waals surface area contributed by atoms with Gasteiger partial charge in [-0.1, -0.05) is 0 Å². The Morgan fingerprint density at radius 2 is 2.15 bits per heavy atom. The molecule has 0 radical (unpaired) electrons. The summed E-state index contributed by atoms with van der Waals surface area (Å²) >= 11 is 0. The van der Waals surface area contributed by atoms with Gasteiger partial charge in [-0.2, -0.15) is 8.42 Å². The average Bonchev–Trinajstić information content (AvgIpc) is 2.78. The zero-order chi connectivity index (χ0) is 14.9.